The van der Waals surface area contributed by atoms with Gasteiger partial charge in [-0.15, -0.1) is 11.8 Å². The topological polar surface area (TPSA) is 20.3 Å². The van der Waals surface area contributed by atoms with Crippen molar-refractivity contribution in [2.45, 2.75) is 36.8 Å². The number of piperidine rings is 1. The molecule has 1 heterocycles. The molecule has 2 rings (SSSR count). The lowest BCUT2D eigenvalue weighted by Gasteiger charge is -2.32. The summed E-state index contributed by atoms with van der Waals surface area (Å²) in [6.07, 6.45) is 2.37. The van der Waals surface area contributed by atoms with Gasteiger partial charge < -0.3 is 4.90 Å². The molecule has 0 saturated carbocycles. The highest BCUT2D eigenvalue weighted by atomic mass is 35.5. The molecule has 0 N–H and O–H groups in total. The first kappa shape index (κ1) is 14.7. The maximum absolute atomic E-state index is 12.4. The first-order chi connectivity index (χ1) is 9.06. The maximum Gasteiger partial charge on any atom is 0.235 e. The molecule has 1 saturated heterocycles. The number of rotatable bonds is 3. The average molecular weight is 298 g/mol. The summed E-state index contributed by atoms with van der Waals surface area (Å²) in [5.74, 6) is 0.886. The Hall–Kier alpha value is -0.670. The van der Waals surface area contributed by atoms with E-state index in [4.69, 9.17) is 11.6 Å². The molecule has 1 aromatic carbocycles. The van der Waals surface area contributed by atoms with Crippen LogP contribution in [0.5, 0.6) is 0 Å². The summed E-state index contributed by atoms with van der Waals surface area (Å²) in [5, 5.41) is 0.694. The predicted molar refractivity (Wildman–Crippen MR) is 81.7 cm³/mol. The van der Waals surface area contributed by atoms with Crippen LogP contribution in [-0.4, -0.2) is 29.1 Å². The molecule has 2 atom stereocenters. The van der Waals surface area contributed by atoms with Gasteiger partial charge in [0.2, 0.25) is 5.91 Å². The summed E-state index contributed by atoms with van der Waals surface area (Å²) in [5.41, 5.74) is 0. The van der Waals surface area contributed by atoms with E-state index in [0.29, 0.717) is 5.92 Å². The largest absolute Gasteiger partial charge is 0.341 e. The SMILES string of the molecule is C[C@@H]1CCCN(C(=O)[C@@H](C)Sc2ccc(Cl)cc2)C1. The minimum absolute atomic E-state index is 0.0357. The van der Waals surface area contributed by atoms with E-state index in [-0.39, 0.29) is 11.2 Å². The van der Waals surface area contributed by atoms with E-state index < -0.39 is 0 Å². The lowest BCUT2D eigenvalue weighted by Crippen LogP contribution is -2.42. The summed E-state index contributed by atoms with van der Waals surface area (Å²) < 4.78 is 0. The minimum Gasteiger partial charge on any atom is -0.341 e. The first-order valence-corrected chi connectivity index (χ1v) is 8.03. The van der Waals surface area contributed by atoms with Gasteiger partial charge in [0.25, 0.3) is 0 Å². The Bertz CT molecular complexity index is 434. The molecular formula is C15H20ClNOS. The second-order valence-corrected chi connectivity index (χ2v) is 7.10. The smallest absolute Gasteiger partial charge is 0.235 e. The predicted octanol–water partition coefficient (Wildman–Crippen LogP) is 4.08. The van der Waals surface area contributed by atoms with Crippen molar-refractivity contribution in [1.29, 1.82) is 0 Å². The zero-order chi connectivity index (χ0) is 13.8. The Kier molecular flexibility index (Phi) is 5.17. The van der Waals surface area contributed by atoms with Gasteiger partial charge in [-0.2, -0.15) is 0 Å². The van der Waals surface area contributed by atoms with Crippen LogP contribution in [0.25, 0.3) is 0 Å². The Morgan fingerprint density at radius 2 is 2.11 bits per heavy atom. The van der Waals surface area contributed by atoms with Crippen molar-refractivity contribution in [3.05, 3.63) is 29.3 Å². The fourth-order valence-electron chi connectivity index (χ4n) is 2.41. The van der Waals surface area contributed by atoms with Crippen LogP contribution >= 0.6 is 23.4 Å². The summed E-state index contributed by atoms with van der Waals surface area (Å²) in [7, 11) is 0. The van der Waals surface area contributed by atoms with Gasteiger partial charge >= 0.3 is 0 Å². The summed E-state index contributed by atoms with van der Waals surface area (Å²) in [4.78, 5) is 15.5. The monoisotopic (exact) mass is 297 g/mol. The molecule has 1 aliphatic rings. The highest BCUT2D eigenvalue weighted by molar-refractivity contribution is 8.00. The molecule has 104 valence electrons. The van der Waals surface area contributed by atoms with Crippen molar-refractivity contribution >= 4 is 29.3 Å². The Labute approximate surface area is 124 Å². The maximum atomic E-state index is 12.4. The zero-order valence-electron chi connectivity index (χ0n) is 11.4. The van der Waals surface area contributed by atoms with Gasteiger partial charge in [-0.05, 0) is 49.9 Å². The van der Waals surface area contributed by atoms with Gasteiger partial charge in [-0.25, -0.2) is 0 Å². The molecule has 0 unspecified atom stereocenters. The van der Waals surface area contributed by atoms with Gasteiger partial charge in [-0.1, -0.05) is 18.5 Å². The summed E-state index contributed by atoms with van der Waals surface area (Å²) in [6, 6.07) is 7.67. The van der Waals surface area contributed by atoms with Crippen LogP contribution in [0.15, 0.2) is 29.2 Å². The van der Waals surface area contributed by atoms with Crippen LogP contribution in [0.1, 0.15) is 26.7 Å². The molecule has 1 aromatic rings. The molecule has 0 bridgehead atoms. The third-order valence-electron chi connectivity index (χ3n) is 3.44. The molecule has 0 spiro atoms. The quantitative estimate of drug-likeness (QED) is 0.784. The molecule has 0 radical (unpaired) electrons. The molecule has 19 heavy (non-hydrogen) atoms. The standard InChI is InChI=1S/C15H20ClNOS/c1-11-4-3-9-17(10-11)15(18)12(2)19-14-7-5-13(16)6-8-14/h5-8,11-12H,3-4,9-10H2,1-2H3/t11-,12-/m1/s1. The number of nitrogens with zero attached hydrogens (tertiary/aromatic N) is 1. The van der Waals surface area contributed by atoms with E-state index in [2.05, 4.69) is 6.92 Å². The van der Waals surface area contributed by atoms with Crippen molar-refractivity contribution in [3.8, 4) is 0 Å². The lowest BCUT2D eigenvalue weighted by atomic mass is 10.0. The second-order valence-electron chi connectivity index (χ2n) is 5.25. The van der Waals surface area contributed by atoms with Gasteiger partial charge in [0.05, 0.1) is 5.25 Å². The van der Waals surface area contributed by atoms with Gasteiger partial charge in [0.1, 0.15) is 0 Å². The number of halogens is 1. The first-order valence-electron chi connectivity index (χ1n) is 6.77. The molecule has 0 aliphatic carbocycles. The van der Waals surface area contributed by atoms with Crippen molar-refractivity contribution in [3.63, 3.8) is 0 Å². The van der Waals surface area contributed by atoms with Crippen molar-refractivity contribution < 1.29 is 4.79 Å². The van der Waals surface area contributed by atoms with E-state index in [1.54, 1.807) is 11.8 Å². The third kappa shape index (κ3) is 4.15. The molecule has 1 amide bonds. The highest BCUT2D eigenvalue weighted by Crippen LogP contribution is 2.27. The van der Waals surface area contributed by atoms with Crippen LogP contribution in [0.2, 0.25) is 5.02 Å². The highest BCUT2D eigenvalue weighted by Gasteiger charge is 2.25. The number of benzene rings is 1. The zero-order valence-corrected chi connectivity index (χ0v) is 13.0. The van der Waals surface area contributed by atoms with E-state index >= 15 is 0 Å². The Morgan fingerprint density at radius 1 is 1.42 bits per heavy atom. The van der Waals surface area contributed by atoms with Crippen molar-refractivity contribution in [2.24, 2.45) is 5.92 Å². The molecule has 2 nitrogen and oxygen atoms in total. The number of carbonyl (C=O) groups is 1. The average Bonchev–Trinajstić information content (AvgIpc) is 2.40. The van der Waals surface area contributed by atoms with Crippen LogP contribution in [0.3, 0.4) is 0 Å². The van der Waals surface area contributed by atoms with E-state index in [1.807, 2.05) is 36.1 Å². The van der Waals surface area contributed by atoms with E-state index in [0.717, 1.165) is 29.4 Å². The normalized spacial score (nSPS) is 21.2. The number of amides is 1. The second kappa shape index (κ2) is 6.67. The van der Waals surface area contributed by atoms with E-state index in [1.165, 1.54) is 6.42 Å². The molecule has 1 fully saturated rings. The number of hydrogen-bond acceptors (Lipinski definition) is 2. The third-order valence-corrected chi connectivity index (χ3v) is 4.79. The summed E-state index contributed by atoms with van der Waals surface area (Å²) >= 11 is 7.47. The van der Waals surface area contributed by atoms with Crippen LogP contribution in [0, 0.1) is 5.92 Å². The van der Waals surface area contributed by atoms with Crippen LogP contribution in [0.4, 0.5) is 0 Å². The van der Waals surface area contributed by atoms with Gasteiger partial charge in [0.15, 0.2) is 0 Å². The van der Waals surface area contributed by atoms with Gasteiger partial charge in [-0.3, -0.25) is 4.79 Å². The number of carbonyl (C=O) groups excluding carboxylic acids is 1. The Morgan fingerprint density at radius 3 is 2.74 bits per heavy atom. The molecule has 0 aromatic heterocycles. The summed E-state index contributed by atoms with van der Waals surface area (Å²) in [6.45, 7) is 6.02. The Balaban J connectivity index is 1.93. The number of likely N-dealkylation sites (tertiary alicyclic amines) is 1. The van der Waals surface area contributed by atoms with Gasteiger partial charge in [0, 0.05) is 23.0 Å². The van der Waals surface area contributed by atoms with Crippen LogP contribution in [-0.2, 0) is 4.79 Å². The fourth-order valence-corrected chi connectivity index (χ4v) is 3.49. The lowest BCUT2D eigenvalue weighted by molar-refractivity contribution is -0.131. The molecule has 1 aliphatic heterocycles. The minimum atomic E-state index is -0.0357. The van der Waals surface area contributed by atoms with E-state index in [9.17, 15) is 4.79 Å². The molecule has 4 heteroatoms. The number of thioether (sulfide) groups is 1. The fraction of sp³-hybridized carbons (Fsp3) is 0.533. The number of hydrogen-bond donors (Lipinski definition) is 0. The molecular weight excluding hydrogens is 278 g/mol. The van der Waals surface area contributed by atoms with Crippen molar-refractivity contribution in [1.82, 2.24) is 4.90 Å². The van der Waals surface area contributed by atoms with Crippen LogP contribution < -0.4 is 0 Å². The van der Waals surface area contributed by atoms with Crippen molar-refractivity contribution in [2.75, 3.05) is 13.1 Å².